The number of hydrogen-bond donors (Lipinski definition) is 1. The number of nitrogens with zero attached hydrogens (tertiary/aromatic N) is 1. The summed E-state index contributed by atoms with van der Waals surface area (Å²) in [6.45, 7) is 0. The fourth-order valence-electron chi connectivity index (χ4n) is 0.601. The van der Waals surface area contributed by atoms with E-state index in [0.29, 0.717) is 0 Å². The van der Waals surface area contributed by atoms with E-state index in [4.69, 9.17) is 0 Å². The van der Waals surface area contributed by atoms with Crippen molar-refractivity contribution in [2.75, 3.05) is 26.2 Å². The summed E-state index contributed by atoms with van der Waals surface area (Å²) in [6, 6.07) is -0.407. The van der Waals surface area contributed by atoms with Gasteiger partial charge in [-0.1, -0.05) is 0 Å². The molecule has 2 amide bonds. The number of rotatable bonds is 2. The molecule has 0 aromatic heterocycles. The van der Waals surface area contributed by atoms with Crippen LogP contribution in [0.1, 0.15) is 0 Å². The molecule has 0 saturated heterocycles. The molecule has 0 spiro atoms. The van der Waals surface area contributed by atoms with E-state index in [0.717, 1.165) is 11.2 Å². The molecular weight excluding hydrogens is 168 g/mol. The molecule has 0 aromatic rings. The molecule has 0 saturated carbocycles. The molecule has 66 valence electrons. The van der Waals surface area contributed by atoms with Crippen LogP contribution in [-0.2, 0) is 9.84 Å². The van der Waals surface area contributed by atoms with Crippen LogP contribution in [0.15, 0.2) is 0 Å². The maximum Gasteiger partial charge on any atom is 0.317 e. The monoisotopic (exact) mass is 180 g/mol. The fraction of sp³-hybridized carbons (Fsp3) is 0.800. The van der Waals surface area contributed by atoms with Crippen molar-refractivity contribution >= 4 is 15.9 Å². The van der Waals surface area contributed by atoms with Crippen molar-refractivity contribution in [2.45, 2.75) is 0 Å². The summed E-state index contributed by atoms with van der Waals surface area (Å²) in [5.74, 6) is -0.257. The van der Waals surface area contributed by atoms with Crippen LogP contribution in [0.25, 0.3) is 0 Å². The third kappa shape index (κ3) is 4.60. The molecule has 0 aliphatic heterocycles. The summed E-state index contributed by atoms with van der Waals surface area (Å²) in [5.41, 5.74) is 0. The molecule has 0 fully saturated rings. The number of carbonyl (C=O) groups excluding carboxylic acids is 1. The maximum absolute atomic E-state index is 10.7. The van der Waals surface area contributed by atoms with Crippen molar-refractivity contribution < 1.29 is 13.2 Å². The third-order valence-corrected chi connectivity index (χ3v) is 1.85. The highest BCUT2D eigenvalue weighted by Crippen LogP contribution is 1.89. The molecular formula is C5H12N2O3S. The second-order valence-electron chi connectivity index (χ2n) is 2.31. The van der Waals surface area contributed by atoms with Crippen LogP contribution in [0, 0.1) is 0 Å². The molecule has 6 heteroatoms. The molecule has 11 heavy (non-hydrogen) atoms. The van der Waals surface area contributed by atoms with E-state index in [9.17, 15) is 13.2 Å². The minimum absolute atomic E-state index is 0.257. The average Bonchev–Trinajstić information content (AvgIpc) is 1.82. The van der Waals surface area contributed by atoms with Crippen LogP contribution in [0.3, 0.4) is 0 Å². The van der Waals surface area contributed by atoms with Gasteiger partial charge in [-0.2, -0.15) is 0 Å². The number of carbonyl (C=O) groups is 1. The predicted molar refractivity (Wildman–Crippen MR) is 41.9 cm³/mol. The molecule has 0 atom stereocenters. The van der Waals surface area contributed by atoms with E-state index >= 15 is 0 Å². The van der Waals surface area contributed by atoms with Crippen molar-refractivity contribution in [1.82, 2.24) is 10.2 Å². The molecule has 0 unspecified atom stereocenters. The summed E-state index contributed by atoms with van der Waals surface area (Å²) in [4.78, 5) is 11.8. The van der Waals surface area contributed by atoms with E-state index in [1.807, 2.05) is 0 Å². The van der Waals surface area contributed by atoms with Crippen molar-refractivity contribution in [2.24, 2.45) is 0 Å². The predicted octanol–water partition coefficient (Wildman–Crippen LogP) is -0.740. The number of urea groups is 1. The van der Waals surface area contributed by atoms with E-state index in [1.54, 1.807) is 0 Å². The lowest BCUT2D eigenvalue weighted by Crippen LogP contribution is -2.37. The molecule has 0 radical (unpaired) electrons. The number of sulfone groups is 1. The largest absolute Gasteiger partial charge is 0.341 e. The first-order chi connectivity index (χ1) is 4.87. The molecule has 1 N–H and O–H groups in total. The Balaban J connectivity index is 4.09. The van der Waals surface area contributed by atoms with Crippen molar-refractivity contribution in [3.05, 3.63) is 0 Å². The summed E-state index contributed by atoms with van der Waals surface area (Å²) < 4.78 is 21.3. The smallest absolute Gasteiger partial charge is 0.317 e. The van der Waals surface area contributed by atoms with Crippen molar-refractivity contribution in [3.8, 4) is 0 Å². The summed E-state index contributed by atoms with van der Waals surface area (Å²) in [6.07, 6.45) is 1.08. The van der Waals surface area contributed by atoms with Gasteiger partial charge in [-0.25, -0.2) is 13.2 Å². The van der Waals surface area contributed by atoms with Gasteiger partial charge in [-0.15, -0.1) is 0 Å². The Kier molecular flexibility index (Phi) is 3.31. The lowest BCUT2D eigenvalue weighted by Gasteiger charge is -2.14. The lowest BCUT2D eigenvalue weighted by atomic mass is 10.8. The molecule has 0 rings (SSSR count). The SMILES string of the molecule is CNC(=O)N(C)CS(C)(=O)=O. The van der Waals surface area contributed by atoms with Crippen LogP contribution in [0.5, 0.6) is 0 Å². The molecule has 0 aromatic carbocycles. The molecule has 0 aliphatic carbocycles. The first kappa shape index (κ1) is 10.2. The van der Waals surface area contributed by atoms with Gasteiger partial charge in [0.25, 0.3) is 0 Å². The van der Waals surface area contributed by atoms with Crippen LogP contribution in [0.4, 0.5) is 4.79 Å². The second kappa shape index (κ2) is 3.56. The molecule has 5 nitrogen and oxygen atoms in total. The van der Waals surface area contributed by atoms with Gasteiger partial charge in [0.05, 0.1) is 0 Å². The number of nitrogens with one attached hydrogen (secondary N) is 1. The Morgan fingerprint density at radius 3 is 2.27 bits per heavy atom. The van der Waals surface area contributed by atoms with E-state index in [1.165, 1.54) is 14.1 Å². The second-order valence-corrected chi connectivity index (χ2v) is 4.42. The van der Waals surface area contributed by atoms with Gasteiger partial charge in [-0.05, 0) is 0 Å². The Morgan fingerprint density at radius 1 is 1.55 bits per heavy atom. The fourth-order valence-corrected chi connectivity index (χ4v) is 1.42. The van der Waals surface area contributed by atoms with Crippen LogP contribution in [0.2, 0.25) is 0 Å². The van der Waals surface area contributed by atoms with Crippen LogP contribution >= 0.6 is 0 Å². The zero-order chi connectivity index (χ0) is 9.07. The Morgan fingerprint density at radius 2 is 2.00 bits per heavy atom. The van der Waals surface area contributed by atoms with Gasteiger partial charge in [-0.3, -0.25) is 0 Å². The Hall–Kier alpha value is -0.780. The summed E-state index contributed by atoms with van der Waals surface area (Å²) in [7, 11) is -0.251. The highest BCUT2D eigenvalue weighted by atomic mass is 32.2. The number of hydrogen-bond acceptors (Lipinski definition) is 3. The van der Waals surface area contributed by atoms with Gasteiger partial charge in [0, 0.05) is 20.4 Å². The highest BCUT2D eigenvalue weighted by Gasteiger charge is 2.11. The summed E-state index contributed by atoms with van der Waals surface area (Å²) >= 11 is 0. The van der Waals surface area contributed by atoms with Crippen molar-refractivity contribution in [3.63, 3.8) is 0 Å². The summed E-state index contributed by atoms with van der Waals surface area (Å²) in [5, 5.41) is 2.31. The highest BCUT2D eigenvalue weighted by molar-refractivity contribution is 7.90. The van der Waals surface area contributed by atoms with Crippen LogP contribution < -0.4 is 5.32 Å². The molecule has 0 bridgehead atoms. The molecule has 0 heterocycles. The van der Waals surface area contributed by atoms with Crippen LogP contribution in [-0.4, -0.2) is 45.6 Å². The number of amides is 2. The van der Waals surface area contributed by atoms with Gasteiger partial charge < -0.3 is 10.2 Å². The van der Waals surface area contributed by atoms with Gasteiger partial charge in [0.2, 0.25) is 0 Å². The minimum Gasteiger partial charge on any atom is -0.341 e. The van der Waals surface area contributed by atoms with Crippen molar-refractivity contribution in [1.29, 1.82) is 0 Å². The zero-order valence-corrected chi connectivity index (χ0v) is 7.60. The lowest BCUT2D eigenvalue weighted by molar-refractivity contribution is 0.217. The quantitative estimate of drug-likeness (QED) is 0.608. The Bertz CT molecular complexity index is 234. The Labute approximate surface area is 66.3 Å². The van der Waals surface area contributed by atoms with Gasteiger partial charge in [0.1, 0.15) is 5.88 Å². The zero-order valence-electron chi connectivity index (χ0n) is 6.79. The third-order valence-electron chi connectivity index (χ3n) is 0.989. The first-order valence-electron chi connectivity index (χ1n) is 2.97. The average molecular weight is 180 g/mol. The topological polar surface area (TPSA) is 66.5 Å². The first-order valence-corrected chi connectivity index (χ1v) is 5.03. The normalized spacial score (nSPS) is 10.8. The van der Waals surface area contributed by atoms with Gasteiger partial charge >= 0.3 is 6.03 Å². The molecule has 0 aliphatic rings. The van der Waals surface area contributed by atoms with E-state index in [2.05, 4.69) is 5.32 Å². The maximum atomic E-state index is 10.7. The van der Waals surface area contributed by atoms with E-state index in [-0.39, 0.29) is 5.88 Å². The van der Waals surface area contributed by atoms with Gasteiger partial charge in [0.15, 0.2) is 9.84 Å². The minimum atomic E-state index is -3.11. The standard InChI is InChI=1S/C5H12N2O3S/c1-6-5(8)7(2)4-11(3,9)10/h4H2,1-3H3,(H,6,8). The van der Waals surface area contributed by atoms with E-state index < -0.39 is 15.9 Å².